The Kier molecular flexibility index (Phi) is 4.10. The van der Waals surface area contributed by atoms with Gasteiger partial charge >= 0.3 is 0 Å². The fourth-order valence-corrected chi connectivity index (χ4v) is 1.67. The Hall–Kier alpha value is -2.40. The molecule has 1 amide bonds. The molecule has 0 aliphatic rings. The summed E-state index contributed by atoms with van der Waals surface area (Å²) in [6, 6.07) is 8.78. The lowest BCUT2D eigenvalue weighted by molar-refractivity contribution is -0.117. The minimum absolute atomic E-state index is 0.214. The Morgan fingerprint density at radius 2 is 2.16 bits per heavy atom. The van der Waals surface area contributed by atoms with Crippen LogP contribution in [-0.4, -0.2) is 22.1 Å². The van der Waals surface area contributed by atoms with Crippen LogP contribution >= 0.6 is 0 Å². The molecule has 2 rings (SSSR count). The fourth-order valence-electron chi connectivity index (χ4n) is 1.67. The van der Waals surface area contributed by atoms with Gasteiger partial charge in [-0.05, 0) is 30.2 Å². The zero-order chi connectivity index (χ0) is 13.7. The lowest BCUT2D eigenvalue weighted by Crippen LogP contribution is -2.35. The SMILES string of the molecule is C=CCC(N)C(=O)Nc1ccc(-c2ccn[nH]2)cc1. The van der Waals surface area contributed by atoms with Crippen molar-refractivity contribution in [3.63, 3.8) is 0 Å². The smallest absolute Gasteiger partial charge is 0.241 e. The number of anilines is 1. The standard InChI is InChI=1S/C14H16N4O/c1-2-3-12(15)14(19)17-11-6-4-10(5-7-11)13-8-9-16-18-13/h2,4-9,12H,1,3,15H2,(H,16,18)(H,17,19). The molecular formula is C14H16N4O. The minimum Gasteiger partial charge on any atom is -0.325 e. The number of carbonyl (C=O) groups excluding carboxylic acids is 1. The van der Waals surface area contributed by atoms with Crippen LogP contribution in [0.15, 0.2) is 49.2 Å². The molecule has 98 valence electrons. The number of carbonyl (C=O) groups is 1. The van der Waals surface area contributed by atoms with Gasteiger partial charge < -0.3 is 11.1 Å². The van der Waals surface area contributed by atoms with E-state index < -0.39 is 6.04 Å². The molecule has 0 spiro atoms. The van der Waals surface area contributed by atoms with Gasteiger partial charge in [0.1, 0.15) is 0 Å². The summed E-state index contributed by atoms with van der Waals surface area (Å²) in [5, 5.41) is 9.53. The lowest BCUT2D eigenvalue weighted by atomic mass is 10.1. The number of rotatable bonds is 5. The summed E-state index contributed by atoms with van der Waals surface area (Å²) in [6.45, 7) is 3.56. The van der Waals surface area contributed by atoms with Crippen molar-refractivity contribution >= 4 is 11.6 Å². The zero-order valence-electron chi connectivity index (χ0n) is 10.5. The number of nitrogens with one attached hydrogen (secondary N) is 2. The lowest BCUT2D eigenvalue weighted by Gasteiger charge is -2.10. The van der Waals surface area contributed by atoms with E-state index in [0.29, 0.717) is 12.1 Å². The Morgan fingerprint density at radius 3 is 2.74 bits per heavy atom. The van der Waals surface area contributed by atoms with Crippen LogP contribution in [0.25, 0.3) is 11.3 Å². The van der Waals surface area contributed by atoms with Gasteiger partial charge in [-0.2, -0.15) is 5.10 Å². The molecule has 1 atom stereocenters. The Morgan fingerprint density at radius 1 is 1.42 bits per heavy atom. The van der Waals surface area contributed by atoms with Gasteiger partial charge in [0.05, 0.1) is 11.7 Å². The topological polar surface area (TPSA) is 83.8 Å². The summed E-state index contributed by atoms with van der Waals surface area (Å²) in [5.41, 5.74) is 8.34. The summed E-state index contributed by atoms with van der Waals surface area (Å²) >= 11 is 0. The normalized spacial score (nSPS) is 11.8. The van der Waals surface area contributed by atoms with E-state index in [1.54, 1.807) is 12.3 Å². The molecule has 0 saturated carbocycles. The molecule has 0 fully saturated rings. The first kappa shape index (κ1) is 13.0. The van der Waals surface area contributed by atoms with Crippen LogP contribution in [0.5, 0.6) is 0 Å². The number of H-pyrrole nitrogens is 1. The largest absolute Gasteiger partial charge is 0.325 e. The summed E-state index contributed by atoms with van der Waals surface area (Å²) in [6.07, 6.45) is 3.78. The molecule has 0 aliphatic carbocycles. The Bertz CT molecular complexity index is 545. The van der Waals surface area contributed by atoms with E-state index in [1.807, 2.05) is 30.3 Å². The van der Waals surface area contributed by atoms with E-state index >= 15 is 0 Å². The molecular weight excluding hydrogens is 240 g/mol. The number of amides is 1. The fraction of sp³-hybridized carbons (Fsp3) is 0.143. The summed E-state index contributed by atoms with van der Waals surface area (Å²) < 4.78 is 0. The van der Waals surface area contributed by atoms with Crippen LogP contribution < -0.4 is 11.1 Å². The maximum atomic E-state index is 11.7. The summed E-state index contributed by atoms with van der Waals surface area (Å²) in [4.78, 5) is 11.7. The third-order valence-electron chi connectivity index (χ3n) is 2.72. The monoisotopic (exact) mass is 256 g/mol. The van der Waals surface area contributed by atoms with Crippen LogP contribution in [0, 0.1) is 0 Å². The van der Waals surface area contributed by atoms with E-state index in [1.165, 1.54) is 0 Å². The van der Waals surface area contributed by atoms with Crippen molar-refractivity contribution in [1.29, 1.82) is 0 Å². The average molecular weight is 256 g/mol. The predicted molar refractivity (Wildman–Crippen MR) is 75.4 cm³/mol. The molecule has 0 radical (unpaired) electrons. The van der Waals surface area contributed by atoms with E-state index in [-0.39, 0.29) is 5.91 Å². The molecule has 0 aliphatic heterocycles. The van der Waals surface area contributed by atoms with Crippen LogP contribution in [0.4, 0.5) is 5.69 Å². The van der Waals surface area contributed by atoms with Gasteiger partial charge in [0.15, 0.2) is 0 Å². The van der Waals surface area contributed by atoms with Crippen molar-refractivity contribution in [1.82, 2.24) is 10.2 Å². The van der Waals surface area contributed by atoms with E-state index in [2.05, 4.69) is 22.1 Å². The molecule has 0 saturated heterocycles. The summed E-state index contributed by atoms with van der Waals surface area (Å²) in [5.74, 6) is -0.214. The molecule has 0 bridgehead atoms. The van der Waals surface area contributed by atoms with Gasteiger partial charge in [0.2, 0.25) is 5.91 Å². The van der Waals surface area contributed by atoms with E-state index in [0.717, 1.165) is 11.3 Å². The van der Waals surface area contributed by atoms with Gasteiger partial charge in [-0.3, -0.25) is 9.89 Å². The number of hydrogen-bond acceptors (Lipinski definition) is 3. The maximum absolute atomic E-state index is 11.7. The van der Waals surface area contributed by atoms with Crippen LogP contribution in [0.3, 0.4) is 0 Å². The van der Waals surface area contributed by atoms with Crippen molar-refractivity contribution < 1.29 is 4.79 Å². The van der Waals surface area contributed by atoms with Gasteiger partial charge in [0.25, 0.3) is 0 Å². The van der Waals surface area contributed by atoms with E-state index in [4.69, 9.17) is 5.73 Å². The number of hydrogen-bond donors (Lipinski definition) is 3. The first-order valence-electron chi connectivity index (χ1n) is 5.98. The van der Waals surface area contributed by atoms with Gasteiger partial charge in [0, 0.05) is 11.9 Å². The van der Waals surface area contributed by atoms with Crippen LogP contribution in [0.2, 0.25) is 0 Å². The van der Waals surface area contributed by atoms with Crippen molar-refractivity contribution in [3.05, 3.63) is 49.2 Å². The Balaban J connectivity index is 2.03. The number of benzene rings is 1. The highest BCUT2D eigenvalue weighted by molar-refractivity contribution is 5.94. The molecule has 5 nitrogen and oxygen atoms in total. The molecule has 19 heavy (non-hydrogen) atoms. The molecule has 1 heterocycles. The zero-order valence-corrected chi connectivity index (χ0v) is 10.5. The number of nitrogens with zero attached hydrogens (tertiary/aromatic N) is 1. The quantitative estimate of drug-likeness (QED) is 0.714. The third kappa shape index (κ3) is 3.29. The third-order valence-corrected chi connectivity index (χ3v) is 2.72. The molecule has 5 heteroatoms. The molecule has 1 aromatic heterocycles. The van der Waals surface area contributed by atoms with Gasteiger partial charge in [-0.1, -0.05) is 18.2 Å². The van der Waals surface area contributed by atoms with Crippen molar-refractivity contribution in [3.8, 4) is 11.3 Å². The highest BCUT2D eigenvalue weighted by Gasteiger charge is 2.11. The second-order valence-electron chi connectivity index (χ2n) is 4.17. The molecule has 4 N–H and O–H groups in total. The first-order valence-corrected chi connectivity index (χ1v) is 5.98. The van der Waals surface area contributed by atoms with Crippen LogP contribution in [0.1, 0.15) is 6.42 Å². The second kappa shape index (κ2) is 5.97. The van der Waals surface area contributed by atoms with Crippen molar-refractivity contribution in [2.24, 2.45) is 5.73 Å². The Labute approximate surface area is 111 Å². The maximum Gasteiger partial charge on any atom is 0.241 e. The molecule has 2 aromatic rings. The van der Waals surface area contributed by atoms with Gasteiger partial charge in [-0.15, -0.1) is 6.58 Å². The molecule has 1 aromatic carbocycles. The van der Waals surface area contributed by atoms with Crippen molar-refractivity contribution in [2.75, 3.05) is 5.32 Å². The summed E-state index contributed by atoms with van der Waals surface area (Å²) in [7, 11) is 0. The second-order valence-corrected chi connectivity index (χ2v) is 4.17. The molecule has 1 unspecified atom stereocenters. The minimum atomic E-state index is -0.565. The first-order chi connectivity index (χ1) is 9.20. The highest BCUT2D eigenvalue weighted by Crippen LogP contribution is 2.18. The number of aromatic nitrogens is 2. The van der Waals surface area contributed by atoms with Gasteiger partial charge in [-0.25, -0.2) is 0 Å². The number of aromatic amines is 1. The van der Waals surface area contributed by atoms with E-state index in [9.17, 15) is 4.79 Å². The van der Waals surface area contributed by atoms with Crippen LogP contribution in [-0.2, 0) is 4.79 Å². The average Bonchev–Trinajstić information content (AvgIpc) is 2.94. The van der Waals surface area contributed by atoms with Crippen molar-refractivity contribution in [2.45, 2.75) is 12.5 Å². The number of nitrogens with two attached hydrogens (primary N) is 1. The highest BCUT2D eigenvalue weighted by atomic mass is 16.2. The predicted octanol–water partition coefficient (Wildman–Crippen LogP) is 1.92.